The Hall–Kier alpha value is -0.860. The Kier molecular flexibility index (Phi) is 6.31. The van der Waals surface area contributed by atoms with Gasteiger partial charge in [0, 0.05) is 19.4 Å². The molecule has 0 aliphatic heterocycles. The minimum atomic E-state index is -0.0213. The summed E-state index contributed by atoms with van der Waals surface area (Å²) >= 11 is 0. The largest absolute Gasteiger partial charge is 0.356 e. The third-order valence-electron chi connectivity index (χ3n) is 2.43. The minimum absolute atomic E-state index is 0.0213. The molecule has 3 heteroatoms. The molecule has 1 N–H and O–H groups in total. The van der Waals surface area contributed by atoms with E-state index in [0.717, 1.165) is 6.42 Å². The molecule has 3 nitrogen and oxygen atoms in total. The van der Waals surface area contributed by atoms with E-state index < -0.39 is 0 Å². The summed E-state index contributed by atoms with van der Waals surface area (Å²) in [6, 6.07) is 0. The number of ketones is 1. The summed E-state index contributed by atoms with van der Waals surface area (Å²) in [5, 5.41) is 2.89. The second-order valence-electron chi connectivity index (χ2n) is 5.74. The standard InChI is InChI=1S/C13H25NO2/c1-10(2)8-13(4,5)9-14-12(16)7-6-11(3)15/h10H,6-9H2,1-5H3,(H,14,16). The Labute approximate surface area is 99.0 Å². The third kappa shape index (κ3) is 8.45. The van der Waals surface area contributed by atoms with E-state index >= 15 is 0 Å². The molecule has 94 valence electrons. The van der Waals surface area contributed by atoms with Crippen LogP contribution in [0.5, 0.6) is 0 Å². The fraction of sp³-hybridized carbons (Fsp3) is 0.846. The first-order chi connectivity index (χ1) is 7.23. The molecule has 0 spiro atoms. The van der Waals surface area contributed by atoms with Gasteiger partial charge in [0.2, 0.25) is 5.91 Å². The van der Waals surface area contributed by atoms with Gasteiger partial charge in [0.15, 0.2) is 0 Å². The highest BCUT2D eigenvalue weighted by molar-refractivity contribution is 5.83. The average molecular weight is 227 g/mol. The molecule has 0 aromatic rings. The van der Waals surface area contributed by atoms with Gasteiger partial charge in [0.25, 0.3) is 0 Å². The van der Waals surface area contributed by atoms with Gasteiger partial charge in [0.05, 0.1) is 0 Å². The number of hydrogen-bond acceptors (Lipinski definition) is 2. The number of carbonyl (C=O) groups is 2. The maximum Gasteiger partial charge on any atom is 0.220 e. The second kappa shape index (κ2) is 6.66. The summed E-state index contributed by atoms with van der Waals surface area (Å²) in [4.78, 5) is 22.1. The van der Waals surface area contributed by atoms with Gasteiger partial charge in [-0.1, -0.05) is 27.7 Å². The Morgan fingerprint density at radius 3 is 2.19 bits per heavy atom. The van der Waals surface area contributed by atoms with E-state index in [4.69, 9.17) is 0 Å². The second-order valence-corrected chi connectivity index (χ2v) is 5.74. The molecule has 0 unspecified atom stereocenters. The fourth-order valence-corrected chi connectivity index (χ4v) is 1.89. The zero-order chi connectivity index (χ0) is 12.8. The molecule has 0 saturated carbocycles. The molecule has 16 heavy (non-hydrogen) atoms. The van der Waals surface area contributed by atoms with Crippen LogP contribution in [0, 0.1) is 11.3 Å². The molecule has 0 aromatic heterocycles. The first-order valence-electron chi connectivity index (χ1n) is 5.99. The van der Waals surface area contributed by atoms with Crippen molar-refractivity contribution in [1.82, 2.24) is 5.32 Å². The molecule has 0 bridgehead atoms. The molecule has 0 aromatic carbocycles. The molecule has 0 heterocycles. The van der Waals surface area contributed by atoms with Crippen LogP contribution >= 0.6 is 0 Å². The highest BCUT2D eigenvalue weighted by atomic mass is 16.2. The monoisotopic (exact) mass is 227 g/mol. The number of amides is 1. The molecule has 0 saturated heterocycles. The van der Waals surface area contributed by atoms with Crippen LogP contribution < -0.4 is 5.32 Å². The Bertz CT molecular complexity index is 244. The lowest BCUT2D eigenvalue weighted by atomic mass is 9.84. The van der Waals surface area contributed by atoms with Gasteiger partial charge in [-0.2, -0.15) is 0 Å². The minimum Gasteiger partial charge on any atom is -0.356 e. The van der Waals surface area contributed by atoms with E-state index in [9.17, 15) is 9.59 Å². The normalized spacial score (nSPS) is 11.6. The summed E-state index contributed by atoms with van der Waals surface area (Å²) in [5.41, 5.74) is 0.125. The van der Waals surface area contributed by atoms with Crippen molar-refractivity contribution in [3.05, 3.63) is 0 Å². The van der Waals surface area contributed by atoms with Crippen LogP contribution in [0.25, 0.3) is 0 Å². The van der Waals surface area contributed by atoms with Gasteiger partial charge < -0.3 is 10.1 Å². The van der Waals surface area contributed by atoms with Crippen molar-refractivity contribution in [2.24, 2.45) is 11.3 Å². The molecule has 0 fully saturated rings. The summed E-state index contributed by atoms with van der Waals surface area (Å²) in [6.07, 6.45) is 1.74. The molecule has 0 atom stereocenters. The van der Waals surface area contributed by atoms with Gasteiger partial charge >= 0.3 is 0 Å². The van der Waals surface area contributed by atoms with Gasteiger partial charge in [-0.05, 0) is 24.7 Å². The lowest BCUT2D eigenvalue weighted by Crippen LogP contribution is -2.34. The van der Waals surface area contributed by atoms with Crippen LogP contribution in [0.1, 0.15) is 53.9 Å². The van der Waals surface area contributed by atoms with Gasteiger partial charge in [-0.25, -0.2) is 0 Å². The summed E-state index contributed by atoms with van der Waals surface area (Å²) in [5.74, 6) is 0.674. The average Bonchev–Trinajstić information content (AvgIpc) is 2.09. The third-order valence-corrected chi connectivity index (χ3v) is 2.43. The number of hydrogen-bond donors (Lipinski definition) is 1. The van der Waals surface area contributed by atoms with E-state index in [2.05, 4.69) is 33.0 Å². The smallest absolute Gasteiger partial charge is 0.220 e. The number of Topliss-reactive ketones (excluding diaryl/α,β-unsaturated/α-hetero) is 1. The zero-order valence-corrected chi connectivity index (χ0v) is 11.2. The van der Waals surface area contributed by atoms with E-state index in [1.54, 1.807) is 0 Å². The maximum atomic E-state index is 11.4. The van der Waals surface area contributed by atoms with Crippen molar-refractivity contribution < 1.29 is 9.59 Å². The van der Waals surface area contributed by atoms with Gasteiger partial charge in [-0.15, -0.1) is 0 Å². The van der Waals surface area contributed by atoms with Crippen molar-refractivity contribution in [3.8, 4) is 0 Å². The summed E-state index contributed by atoms with van der Waals surface area (Å²) < 4.78 is 0. The van der Waals surface area contributed by atoms with Crippen LogP contribution in [0.3, 0.4) is 0 Å². The van der Waals surface area contributed by atoms with E-state index in [0.29, 0.717) is 25.3 Å². The first-order valence-corrected chi connectivity index (χ1v) is 5.99. The summed E-state index contributed by atoms with van der Waals surface area (Å²) in [7, 11) is 0. The number of carbonyl (C=O) groups excluding carboxylic acids is 2. The Balaban J connectivity index is 3.85. The highest BCUT2D eigenvalue weighted by Crippen LogP contribution is 2.23. The van der Waals surface area contributed by atoms with Crippen molar-refractivity contribution >= 4 is 11.7 Å². The van der Waals surface area contributed by atoms with Crippen molar-refractivity contribution in [3.63, 3.8) is 0 Å². The van der Waals surface area contributed by atoms with Crippen molar-refractivity contribution in [2.45, 2.75) is 53.9 Å². The van der Waals surface area contributed by atoms with Crippen LogP contribution in [-0.4, -0.2) is 18.2 Å². The lowest BCUT2D eigenvalue weighted by molar-refractivity contribution is -0.125. The fourth-order valence-electron chi connectivity index (χ4n) is 1.89. The van der Waals surface area contributed by atoms with Gasteiger partial charge in [-0.3, -0.25) is 4.79 Å². The molecular formula is C13H25NO2. The van der Waals surface area contributed by atoms with Crippen molar-refractivity contribution in [1.29, 1.82) is 0 Å². The van der Waals surface area contributed by atoms with Crippen LogP contribution in [0.4, 0.5) is 0 Å². The molecule has 0 aliphatic rings. The lowest BCUT2D eigenvalue weighted by Gasteiger charge is -2.26. The van der Waals surface area contributed by atoms with E-state index in [-0.39, 0.29) is 17.1 Å². The van der Waals surface area contributed by atoms with Crippen LogP contribution in [0.2, 0.25) is 0 Å². The van der Waals surface area contributed by atoms with Crippen molar-refractivity contribution in [2.75, 3.05) is 6.54 Å². The number of rotatable bonds is 7. The topological polar surface area (TPSA) is 46.2 Å². The molecule has 1 amide bonds. The maximum absolute atomic E-state index is 11.4. The molecule has 0 aliphatic carbocycles. The number of nitrogens with one attached hydrogen (secondary N) is 1. The predicted molar refractivity (Wildman–Crippen MR) is 66.2 cm³/mol. The van der Waals surface area contributed by atoms with E-state index in [1.807, 2.05) is 0 Å². The summed E-state index contributed by atoms with van der Waals surface area (Å²) in [6.45, 7) is 10.9. The quantitative estimate of drug-likeness (QED) is 0.726. The van der Waals surface area contributed by atoms with E-state index in [1.165, 1.54) is 6.92 Å². The predicted octanol–water partition coefficient (Wildman–Crippen LogP) is 2.54. The van der Waals surface area contributed by atoms with Gasteiger partial charge in [0.1, 0.15) is 5.78 Å². The first kappa shape index (κ1) is 15.1. The SMILES string of the molecule is CC(=O)CCC(=O)NCC(C)(C)CC(C)C. The highest BCUT2D eigenvalue weighted by Gasteiger charge is 2.20. The molecule has 0 radical (unpaired) electrons. The van der Waals surface area contributed by atoms with Crippen LogP contribution in [0.15, 0.2) is 0 Å². The Morgan fingerprint density at radius 1 is 1.19 bits per heavy atom. The zero-order valence-electron chi connectivity index (χ0n) is 11.2. The van der Waals surface area contributed by atoms with Crippen LogP contribution in [-0.2, 0) is 9.59 Å². The Morgan fingerprint density at radius 2 is 1.75 bits per heavy atom. The molecule has 0 rings (SSSR count). The molecular weight excluding hydrogens is 202 g/mol.